The first-order valence-corrected chi connectivity index (χ1v) is 7.20. The van der Waals surface area contributed by atoms with Crippen molar-refractivity contribution in [3.8, 4) is 0 Å². The molecule has 0 bridgehead atoms. The Morgan fingerprint density at radius 3 is 2.44 bits per heavy atom. The molecule has 0 saturated carbocycles. The van der Waals surface area contributed by atoms with Gasteiger partial charge in [0.15, 0.2) is 0 Å². The summed E-state index contributed by atoms with van der Waals surface area (Å²) in [4.78, 5) is 0. The zero-order chi connectivity index (χ0) is 13.0. The zero-order valence-electron chi connectivity index (χ0n) is 10.6. The normalized spacial score (nSPS) is 20.6. The highest BCUT2D eigenvalue weighted by Crippen LogP contribution is 2.26. The molecule has 18 heavy (non-hydrogen) atoms. The highest BCUT2D eigenvalue weighted by molar-refractivity contribution is 9.10. The van der Waals surface area contributed by atoms with Crippen LogP contribution in [0.5, 0.6) is 0 Å². The molecule has 3 nitrogen and oxygen atoms in total. The Morgan fingerprint density at radius 1 is 1.28 bits per heavy atom. The van der Waals surface area contributed by atoms with Crippen LogP contribution in [0.2, 0.25) is 0 Å². The summed E-state index contributed by atoms with van der Waals surface area (Å²) < 4.78 is 12.6. The fourth-order valence-electron chi connectivity index (χ4n) is 2.18. The summed E-state index contributed by atoms with van der Waals surface area (Å²) in [6.45, 7) is 3.57. The Balaban J connectivity index is 2.05. The van der Waals surface area contributed by atoms with Crippen LogP contribution < -0.4 is 5.73 Å². The Bertz CT molecular complexity index is 361. The Morgan fingerprint density at radius 2 is 1.89 bits per heavy atom. The van der Waals surface area contributed by atoms with Gasteiger partial charge in [-0.15, -0.1) is 0 Å². The molecule has 0 aromatic heterocycles. The monoisotopic (exact) mass is 313 g/mol. The van der Waals surface area contributed by atoms with Gasteiger partial charge >= 0.3 is 0 Å². The molecule has 0 amide bonds. The molecule has 100 valence electrons. The molecule has 1 aliphatic heterocycles. The summed E-state index contributed by atoms with van der Waals surface area (Å²) in [5, 5.41) is 0. The lowest BCUT2D eigenvalue weighted by Gasteiger charge is -2.30. The van der Waals surface area contributed by atoms with Crippen LogP contribution in [0.15, 0.2) is 28.7 Å². The maximum absolute atomic E-state index is 6.16. The number of hydrogen-bond acceptors (Lipinski definition) is 3. The van der Waals surface area contributed by atoms with Gasteiger partial charge in [0.25, 0.3) is 0 Å². The fraction of sp³-hybridized carbons (Fsp3) is 0.571. The quantitative estimate of drug-likeness (QED) is 0.929. The predicted octanol–water partition coefficient (Wildman–Crippen LogP) is 3.03. The van der Waals surface area contributed by atoms with Crippen molar-refractivity contribution in [2.75, 3.05) is 13.2 Å². The highest BCUT2D eigenvalue weighted by atomic mass is 79.9. The third-order valence-corrected chi connectivity index (χ3v) is 3.71. The van der Waals surface area contributed by atoms with Gasteiger partial charge in [-0.25, -0.2) is 0 Å². The third-order valence-electron chi connectivity index (χ3n) is 3.18. The smallest absolute Gasteiger partial charge is 0.0976 e. The average Bonchev–Trinajstić information content (AvgIpc) is 2.38. The van der Waals surface area contributed by atoms with Crippen molar-refractivity contribution in [2.45, 2.75) is 38.0 Å². The number of rotatable bonds is 4. The number of hydrogen-bond donors (Lipinski definition) is 1. The number of nitrogens with two attached hydrogens (primary N) is 1. The van der Waals surface area contributed by atoms with Crippen LogP contribution in [0.25, 0.3) is 0 Å². The topological polar surface area (TPSA) is 44.5 Å². The molecule has 2 atom stereocenters. The van der Waals surface area contributed by atoms with Crippen molar-refractivity contribution in [3.63, 3.8) is 0 Å². The van der Waals surface area contributed by atoms with Crippen LogP contribution in [-0.2, 0) is 9.47 Å². The van der Waals surface area contributed by atoms with Gasteiger partial charge in [0.2, 0.25) is 0 Å². The van der Waals surface area contributed by atoms with E-state index in [1.165, 1.54) is 0 Å². The number of ether oxygens (including phenoxy) is 2. The summed E-state index contributed by atoms with van der Waals surface area (Å²) in [5.41, 5.74) is 7.19. The van der Waals surface area contributed by atoms with Crippen molar-refractivity contribution in [1.29, 1.82) is 0 Å². The molecule has 1 fully saturated rings. The van der Waals surface area contributed by atoms with Gasteiger partial charge in [0.05, 0.1) is 12.2 Å². The van der Waals surface area contributed by atoms with Gasteiger partial charge in [-0.3, -0.25) is 0 Å². The summed E-state index contributed by atoms with van der Waals surface area (Å²) in [5.74, 6) is 0. The predicted molar refractivity (Wildman–Crippen MR) is 75.5 cm³/mol. The largest absolute Gasteiger partial charge is 0.381 e. The molecule has 2 N–H and O–H groups in total. The lowest BCUT2D eigenvalue weighted by molar-refractivity contribution is -0.0758. The Hall–Kier alpha value is -0.420. The molecule has 0 aliphatic carbocycles. The lowest BCUT2D eigenvalue weighted by atomic mass is 10.0. The number of halogens is 1. The van der Waals surface area contributed by atoms with Crippen molar-refractivity contribution < 1.29 is 9.47 Å². The van der Waals surface area contributed by atoms with Crippen molar-refractivity contribution in [2.24, 2.45) is 5.73 Å². The molecule has 1 saturated heterocycles. The third kappa shape index (κ3) is 3.79. The molecule has 1 aromatic carbocycles. The minimum absolute atomic E-state index is 0.0194. The highest BCUT2D eigenvalue weighted by Gasteiger charge is 2.23. The molecule has 0 radical (unpaired) electrons. The van der Waals surface area contributed by atoms with E-state index in [0.29, 0.717) is 0 Å². The maximum atomic E-state index is 6.16. The molecular formula is C14H20BrNO2. The molecule has 1 aliphatic rings. The standard InChI is InChI=1S/C14H20BrNO2/c1-10(16)14(11-2-4-12(15)5-3-11)18-13-6-8-17-9-7-13/h2-5,10,13-14H,6-9,16H2,1H3. The van der Waals surface area contributed by atoms with Crippen LogP contribution >= 0.6 is 15.9 Å². The van der Waals surface area contributed by atoms with Crippen molar-refractivity contribution in [3.05, 3.63) is 34.3 Å². The van der Waals surface area contributed by atoms with Gasteiger partial charge in [-0.05, 0) is 37.5 Å². The first-order valence-electron chi connectivity index (χ1n) is 6.41. The van der Waals surface area contributed by atoms with E-state index in [-0.39, 0.29) is 18.2 Å². The lowest BCUT2D eigenvalue weighted by Crippen LogP contribution is -2.33. The minimum Gasteiger partial charge on any atom is -0.381 e. The second-order valence-electron chi connectivity index (χ2n) is 4.78. The van der Waals surface area contributed by atoms with E-state index in [1.54, 1.807) is 0 Å². The summed E-state index contributed by atoms with van der Waals surface area (Å²) in [7, 11) is 0. The van der Waals surface area contributed by atoms with Crippen LogP contribution in [-0.4, -0.2) is 25.4 Å². The van der Waals surface area contributed by atoms with Crippen LogP contribution in [0.4, 0.5) is 0 Å². The van der Waals surface area contributed by atoms with Gasteiger partial charge in [0.1, 0.15) is 0 Å². The zero-order valence-corrected chi connectivity index (χ0v) is 12.2. The molecular weight excluding hydrogens is 294 g/mol. The van der Waals surface area contributed by atoms with Crippen LogP contribution in [0, 0.1) is 0 Å². The first-order chi connectivity index (χ1) is 8.66. The fourth-order valence-corrected chi connectivity index (χ4v) is 2.44. The minimum atomic E-state index is -0.0406. The van der Waals surface area contributed by atoms with E-state index in [9.17, 15) is 0 Å². The van der Waals surface area contributed by atoms with Gasteiger partial charge < -0.3 is 15.2 Å². The van der Waals surface area contributed by atoms with E-state index < -0.39 is 0 Å². The molecule has 2 unspecified atom stereocenters. The van der Waals surface area contributed by atoms with Crippen LogP contribution in [0.1, 0.15) is 31.4 Å². The van der Waals surface area contributed by atoms with Gasteiger partial charge in [-0.2, -0.15) is 0 Å². The first kappa shape index (κ1) is 14.0. The Labute approximate surface area is 117 Å². The van der Waals surface area contributed by atoms with E-state index in [0.717, 1.165) is 36.1 Å². The van der Waals surface area contributed by atoms with Gasteiger partial charge in [-0.1, -0.05) is 28.1 Å². The maximum Gasteiger partial charge on any atom is 0.0976 e. The summed E-state index contributed by atoms with van der Waals surface area (Å²) >= 11 is 3.44. The molecule has 1 heterocycles. The SMILES string of the molecule is CC(N)C(OC1CCOCC1)c1ccc(Br)cc1. The van der Waals surface area contributed by atoms with E-state index in [4.69, 9.17) is 15.2 Å². The molecule has 2 rings (SSSR count). The van der Waals surface area contributed by atoms with E-state index in [1.807, 2.05) is 19.1 Å². The van der Waals surface area contributed by atoms with Gasteiger partial charge in [0, 0.05) is 23.7 Å². The molecule has 4 heteroatoms. The van der Waals surface area contributed by atoms with Crippen LogP contribution in [0.3, 0.4) is 0 Å². The summed E-state index contributed by atoms with van der Waals surface area (Å²) in [6, 6.07) is 8.17. The molecule has 1 aromatic rings. The Kier molecular flexibility index (Phi) is 5.18. The second kappa shape index (κ2) is 6.66. The van der Waals surface area contributed by atoms with Crippen molar-refractivity contribution in [1.82, 2.24) is 0 Å². The average molecular weight is 314 g/mol. The molecule has 0 spiro atoms. The van der Waals surface area contributed by atoms with E-state index in [2.05, 4.69) is 28.1 Å². The second-order valence-corrected chi connectivity index (χ2v) is 5.69. The van der Waals surface area contributed by atoms with Crippen molar-refractivity contribution >= 4 is 15.9 Å². The summed E-state index contributed by atoms with van der Waals surface area (Å²) in [6.07, 6.45) is 2.14. The number of benzene rings is 1. The van der Waals surface area contributed by atoms with E-state index >= 15 is 0 Å².